The summed E-state index contributed by atoms with van der Waals surface area (Å²) in [5.41, 5.74) is 10.4. The van der Waals surface area contributed by atoms with Gasteiger partial charge in [0.2, 0.25) is 0 Å². The van der Waals surface area contributed by atoms with Crippen LogP contribution in [0.3, 0.4) is 0 Å². The van der Waals surface area contributed by atoms with Gasteiger partial charge in [0.05, 0.1) is 22.1 Å². The molecule has 38 heavy (non-hydrogen) atoms. The number of para-hydroxylation sites is 3. The second kappa shape index (κ2) is 7.36. The lowest BCUT2D eigenvalue weighted by atomic mass is 9.99. The minimum absolute atomic E-state index is 1.12. The molecule has 9 rings (SSSR count). The van der Waals surface area contributed by atoms with Crippen molar-refractivity contribution in [2.24, 2.45) is 0 Å². The molecular weight excluding hydrogens is 460 g/mol. The van der Waals surface area contributed by atoms with Crippen molar-refractivity contribution >= 4 is 54.4 Å². The highest BCUT2D eigenvalue weighted by Gasteiger charge is 2.22. The van der Waals surface area contributed by atoms with Gasteiger partial charge in [-0.2, -0.15) is 0 Å². The number of fused-ring (bicyclic) bond motifs is 7. The zero-order valence-electron chi connectivity index (χ0n) is 20.9. The van der Waals surface area contributed by atoms with Crippen molar-refractivity contribution in [3.05, 3.63) is 132 Å². The largest absolute Gasteiger partial charge is 0.309 e. The molecule has 2 aromatic heterocycles. The molecule has 0 radical (unpaired) electrons. The molecule has 0 saturated carbocycles. The SMILES string of the molecule is c1ccc(-n2c3ccccc3c3cc(-n4c5ccccc5c5c6cccc7c6c(cc54)CC7)ccc32)cc1. The zero-order valence-corrected chi connectivity index (χ0v) is 20.9. The Morgan fingerprint density at radius 1 is 0.368 bits per heavy atom. The number of benzene rings is 6. The Balaban J connectivity index is 1.41. The highest BCUT2D eigenvalue weighted by atomic mass is 15.0. The molecule has 0 atom stereocenters. The van der Waals surface area contributed by atoms with Crippen LogP contribution in [0.1, 0.15) is 11.1 Å². The quantitative estimate of drug-likeness (QED) is 0.231. The van der Waals surface area contributed by atoms with E-state index in [1.54, 1.807) is 0 Å². The van der Waals surface area contributed by atoms with Gasteiger partial charge < -0.3 is 9.13 Å². The van der Waals surface area contributed by atoms with Crippen molar-refractivity contribution in [2.75, 3.05) is 0 Å². The van der Waals surface area contributed by atoms with Crippen LogP contribution < -0.4 is 0 Å². The minimum Gasteiger partial charge on any atom is -0.309 e. The van der Waals surface area contributed by atoms with E-state index >= 15 is 0 Å². The van der Waals surface area contributed by atoms with Crippen molar-refractivity contribution < 1.29 is 0 Å². The van der Waals surface area contributed by atoms with Crippen LogP contribution >= 0.6 is 0 Å². The van der Waals surface area contributed by atoms with Crippen LogP contribution in [0.2, 0.25) is 0 Å². The lowest BCUT2D eigenvalue weighted by Gasteiger charge is -2.11. The first-order valence-corrected chi connectivity index (χ1v) is 13.4. The van der Waals surface area contributed by atoms with Gasteiger partial charge in [-0.25, -0.2) is 0 Å². The summed E-state index contributed by atoms with van der Waals surface area (Å²) in [5.74, 6) is 0. The second-order valence-electron chi connectivity index (χ2n) is 10.5. The van der Waals surface area contributed by atoms with Crippen molar-refractivity contribution in [1.82, 2.24) is 9.13 Å². The van der Waals surface area contributed by atoms with Crippen LogP contribution in [0, 0.1) is 0 Å². The summed E-state index contributed by atoms with van der Waals surface area (Å²) < 4.78 is 4.87. The molecule has 1 aliphatic carbocycles. The van der Waals surface area contributed by atoms with Gasteiger partial charge in [0, 0.05) is 32.9 Å². The molecule has 1 aliphatic rings. The summed E-state index contributed by atoms with van der Waals surface area (Å²) >= 11 is 0. The van der Waals surface area contributed by atoms with E-state index in [0.717, 1.165) is 12.8 Å². The van der Waals surface area contributed by atoms with Crippen LogP contribution in [0.5, 0.6) is 0 Å². The van der Waals surface area contributed by atoms with E-state index in [2.05, 4.69) is 130 Å². The maximum absolute atomic E-state index is 2.49. The number of hydrogen-bond acceptors (Lipinski definition) is 0. The monoisotopic (exact) mass is 484 g/mol. The second-order valence-corrected chi connectivity index (χ2v) is 10.5. The molecular formula is C36H24N2. The molecule has 8 aromatic rings. The van der Waals surface area contributed by atoms with Crippen molar-refractivity contribution in [3.8, 4) is 11.4 Å². The number of aromatic nitrogens is 2. The molecule has 0 unspecified atom stereocenters. The summed E-state index contributed by atoms with van der Waals surface area (Å²) in [6.07, 6.45) is 2.26. The fraction of sp³-hybridized carbons (Fsp3) is 0.0556. The maximum atomic E-state index is 2.49. The molecule has 178 valence electrons. The molecule has 0 aliphatic heterocycles. The number of hydrogen-bond donors (Lipinski definition) is 0. The maximum Gasteiger partial charge on any atom is 0.0550 e. The van der Waals surface area contributed by atoms with Gasteiger partial charge in [-0.1, -0.05) is 72.8 Å². The van der Waals surface area contributed by atoms with E-state index in [1.165, 1.54) is 76.9 Å². The minimum atomic E-state index is 1.12. The summed E-state index contributed by atoms with van der Waals surface area (Å²) in [5, 5.41) is 8.12. The highest BCUT2D eigenvalue weighted by Crippen LogP contribution is 2.42. The predicted molar refractivity (Wildman–Crippen MR) is 160 cm³/mol. The van der Waals surface area contributed by atoms with E-state index < -0.39 is 0 Å². The first kappa shape index (κ1) is 20.3. The number of rotatable bonds is 2. The average Bonchev–Trinajstić information content (AvgIpc) is 3.64. The Bertz CT molecular complexity index is 2230. The van der Waals surface area contributed by atoms with Crippen LogP contribution in [-0.4, -0.2) is 9.13 Å². The van der Waals surface area contributed by atoms with Crippen molar-refractivity contribution in [3.63, 3.8) is 0 Å². The molecule has 2 heteroatoms. The Morgan fingerprint density at radius 3 is 1.89 bits per heavy atom. The lowest BCUT2D eigenvalue weighted by molar-refractivity contribution is 1.02. The van der Waals surface area contributed by atoms with Gasteiger partial charge in [0.15, 0.2) is 0 Å². The van der Waals surface area contributed by atoms with Gasteiger partial charge in [-0.3, -0.25) is 0 Å². The summed E-state index contributed by atoms with van der Waals surface area (Å²) in [4.78, 5) is 0. The summed E-state index contributed by atoms with van der Waals surface area (Å²) in [6.45, 7) is 0. The third-order valence-corrected chi connectivity index (χ3v) is 8.56. The molecule has 0 amide bonds. The van der Waals surface area contributed by atoms with Crippen LogP contribution in [0.4, 0.5) is 0 Å². The zero-order chi connectivity index (χ0) is 24.8. The summed E-state index contributed by atoms with van der Waals surface area (Å²) in [7, 11) is 0. The Labute approximate surface area is 220 Å². The number of nitrogens with zero attached hydrogens (tertiary/aromatic N) is 2. The third-order valence-electron chi connectivity index (χ3n) is 8.56. The van der Waals surface area contributed by atoms with Crippen molar-refractivity contribution in [1.29, 1.82) is 0 Å². The van der Waals surface area contributed by atoms with E-state index in [-0.39, 0.29) is 0 Å². The van der Waals surface area contributed by atoms with Gasteiger partial charge in [-0.15, -0.1) is 0 Å². The van der Waals surface area contributed by atoms with Gasteiger partial charge in [0.25, 0.3) is 0 Å². The van der Waals surface area contributed by atoms with E-state index in [1.807, 2.05) is 0 Å². The highest BCUT2D eigenvalue weighted by molar-refractivity contribution is 6.23. The fourth-order valence-electron chi connectivity index (χ4n) is 7.01. The van der Waals surface area contributed by atoms with Gasteiger partial charge in [0.1, 0.15) is 0 Å². The predicted octanol–water partition coefficient (Wildman–Crippen LogP) is 9.13. The molecule has 0 saturated heterocycles. The Kier molecular flexibility index (Phi) is 3.93. The molecule has 2 nitrogen and oxygen atoms in total. The lowest BCUT2D eigenvalue weighted by Crippen LogP contribution is -1.96. The molecule has 6 aromatic carbocycles. The van der Waals surface area contributed by atoms with Crippen molar-refractivity contribution in [2.45, 2.75) is 12.8 Å². The Hall–Kier alpha value is -4.82. The Morgan fingerprint density at radius 2 is 1.03 bits per heavy atom. The van der Waals surface area contributed by atoms with Crippen LogP contribution in [0.25, 0.3) is 65.8 Å². The first-order valence-electron chi connectivity index (χ1n) is 13.4. The average molecular weight is 485 g/mol. The third kappa shape index (κ3) is 2.57. The standard InChI is InChI=1S/C36H24N2/c1-2-10-25(11-3-1)37-31-15-6-4-12-27(31)30-22-26(19-20-33(30)37)38-32-16-7-5-13-28(32)36-29-14-8-9-23-17-18-24(35(23)29)21-34(36)38/h1-16,19-22H,17-18H2. The van der Waals surface area contributed by atoms with Gasteiger partial charge in [-0.05, 0) is 83.3 Å². The molecule has 0 spiro atoms. The van der Waals surface area contributed by atoms with Crippen LogP contribution in [-0.2, 0) is 12.8 Å². The summed E-state index contributed by atoms with van der Waals surface area (Å²) in [6, 6.07) is 44.7. The molecule has 0 bridgehead atoms. The molecule has 0 N–H and O–H groups in total. The molecule has 2 heterocycles. The van der Waals surface area contributed by atoms with E-state index in [4.69, 9.17) is 0 Å². The smallest absolute Gasteiger partial charge is 0.0550 e. The van der Waals surface area contributed by atoms with E-state index in [9.17, 15) is 0 Å². The van der Waals surface area contributed by atoms with E-state index in [0.29, 0.717) is 0 Å². The number of aryl methyl sites for hydroxylation is 2. The van der Waals surface area contributed by atoms with Gasteiger partial charge >= 0.3 is 0 Å². The fourth-order valence-corrected chi connectivity index (χ4v) is 7.01. The van der Waals surface area contributed by atoms with Crippen LogP contribution in [0.15, 0.2) is 121 Å². The first-order chi connectivity index (χ1) is 18.9. The molecule has 0 fully saturated rings. The normalized spacial score (nSPS) is 13.1. The topological polar surface area (TPSA) is 9.86 Å².